The topological polar surface area (TPSA) is 25.8 Å². The van der Waals surface area contributed by atoms with Crippen LogP contribution in [0.4, 0.5) is 0 Å². The van der Waals surface area contributed by atoms with Gasteiger partial charge in [0.05, 0.1) is 11.4 Å². The van der Waals surface area contributed by atoms with Gasteiger partial charge in [-0.25, -0.2) is 0 Å². The molecule has 0 saturated heterocycles. The molecule has 0 aliphatic rings. The average molecular weight is 491 g/mol. The van der Waals surface area contributed by atoms with Crippen molar-refractivity contribution in [3.63, 3.8) is 0 Å². The standard InChI is InChI=1S/C34H26N2Si/c1-5-15-27(16-6-1)31-23-13-25-33(35-31)37(29-19-9-3-10-20-29,30-21-11-4-12-22-30)34-26-14-24-32(36-34)28-17-7-2-8-18-28/h1-26H. The van der Waals surface area contributed by atoms with Crippen molar-refractivity contribution >= 4 is 29.1 Å². The van der Waals surface area contributed by atoms with Crippen molar-refractivity contribution in [3.05, 3.63) is 158 Å². The minimum atomic E-state index is -2.85. The van der Waals surface area contributed by atoms with Crippen molar-refractivity contribution in [2.75, 3.05) is 0 Å². The summed E-state index contributed by atoms with van der Waals surface area (Å²) in [5.74, 6) is 0. The minimum absolute atomic E-state index is 0.973. The number of nitrogens with zero attached hydrogens (tertiary/aromatic N) is 2. The summed E-state index contributed by atoms with van der Waals surface area (Å²) in [5, 5.41) is 4.67. The van der Waals surface area contributed by atoms with Gasteiger partial charge in [0.25, 0.3) is 0 Å². The fourth-order valence-electron chi connectivity index (χ4n) is 5.09. The van der Waals surface area contributed by atoms with Crippen LogP contribution in [0.15, 0.2) is 158 Å². The zero-order valence-electron chi connectivity index (χ0n) is 20.4. The summed E-state index contributed by atoms with van der Waals surface area (Å²) in [6.07, 6.45) is 0. The van der Waals surface area contributed by atoms with E-state index in [0.29, 0.717) is 0 Å². The first-order valence-corrected chi connectivity index (χ1v) is 14.5. The number of hydrogen-bond acceptors (Lipinski definition) is 2. The van der Waals surface area contributed by atoms with E-state index < -0.39 is 8.07 Å². The summed E-state index contributed by atoms with van der Waals surface area (Å²) in [4.78, 5) is 10.7. The Morgan fingerprint density at radius 3 is 1.05 bits per heavy atom. The van der Waals surface area contributed by atoms with E-state index >= 15 is 0 Å². The monoisotopic (exact) mass is 490 g/mol. The number of aromatic nitrogens is 2. The summed E-state index contributed by atoms with van der Waals surface area (Å²) >= 11 is 0. The van der Waals surface area contributed by atoms with Crippen molar-refractivity contribution in [3.8, 4) is 22.5 Å². The Balaban J connectivity index is 1.68. The number of benzene rings is 4. The van der Waals surface area contributed by atoms with Crippen LogP contribution in [0.3, 0.4) is 0 Å². The zero-order valence-corrected chi connectivity index (χ0v) is 21.4. The number of hydrogen-bond donors (Lipinski definition) is 0. The highest BCUT2D eigenvalue weighted by Crippen LogP contribution is 2.18. The highest BCUT2D eigenvalue weighted by molar-refractivity contribution is 7.19. The molecule has 0 aliphatic heterocycles. The normalized spacial score (nSPS) is 11.2. The van der Waals surface area contributed by atoms with Crippen molar-refractivity contribution < 1.29 is 0 Å². The van der Waals surface area contributed by atoms with Crippen LogP contribution < -0.4 is 21.0 Å². The van der Waals surface area contributed by atoms with Crippen molar-refractivity contribution in [1.82, 2.24) is 9.97 Å². The molecule has 2 nitrogen and oxygen atoms in total. The van der Waals surface area contributed by atoms with E-state index in [1.54, 1.807) is 0 Å². The predicted octanol–water partition coefficient (Wildman–Crippen LogP) is 5.19. The molecule has 0 unspecified atom stereocenters. The van der Waals surface area contributed by atoms with Crippen LogP contribution in [0.5, 0.6) is 0 Å². The van der Waals surface area contributed by atoms with Gasteiger partial charge in [0.15, 0.2) is 0 Å². The average Bonchev–Trinajstić information content (AvgIpc) is 3.00. The molecule has 6 rings (SSSR count). The van der Waals surface area contributed by atoms with Crippen LogP contribution in [-0.4, -0.2) is 18.0 Å². The summed E-state index contributed by atoms with van der Waals surface area (Å²) in [6.45, 7) is 0. The highest BCUT2D eigenvalue weighted by Gasteiger charge is 2.44. The highest BCUT2D eigenvalue weighted by atomic mass is 28.3. The molecule has 4 aromatic carbocycles. The fraction of sp³-hybridized carbons (Fsp3) is 0. The third-order valence-electron chi connectivity index (χ3n) is 6.82. The number of pyridine rings is 2. The van der Waals surface area contributed by atoms with E-state index in [1.165, 1.54) is 10.4 Å². The SMILES string of the molecule is c1ccc(-c2cccc([Si](c3ccccc3)(c3ccccc3)c3cccc(-c4ccccc4)n3)n2)cc1. The molecule has 0 fully saturated rings. The van der Waals surface area contributed by atoms with Gasteiger partial charge in [0.1, 0.15) is 0 Å². The van der Waals surface area contributed by atoms with E-state index in [2.05, 4.69) is 146 Å². The molecule has 3 heteroatoms. The van der Waals surface area contributed by atoms with E-state index in [-0.39, 0.29) is 0 Å². The van der Waals surface area contributed by atoms with Crippen LogP contribution in [0.25, 0.3) is 22.5 Å². The summed E-state index contributed by atoms with van der Waals surface area (Å²) in [7, 11) is -2.85. The van der Waals surface area contributed by atoms with Crippen LogP contribution in [0.2, 0.25) is 0 Å². The lowest BCUT2D eigenvalue weighted by molar-refractivity contribution is 1.34. The molecule has 0 radical (unpaired) electrons. The summed E-state index contributed by atoms with van der Waals surface area (Å²) in [6, 6.07) is 55.3. The molecule has 0 saturated carbocycles. The third kappa shape index (κ3) is 4.30. The van der Waals surface area contributed by atoms with Gasteiger partial charge in [0.2, 0.25) is 8.07 Å². The first kappa shape index (κ1) is 22.8. The van der Waals surface area contributed by atoms with E-state index in [1.807, 2.05) is 12.1 Å². The Hall–Kier alpha value is -4.60. The Kier molecular flexibility index (Phi) is 6.28. The zero-order chi connectivity index (χ0) is 24.9. The molecule has 0 atom stereocenters. The lowest BCUT2D eigenvalue weighted by Crippen LogP contribution is -2.76. The molecule has 0 aliphatic carbocycles. The fourth-order valence-corrected chi connectivity index (χ4v) is 9.52. The smallest absolute Gasteiger partial charge is 0.223 e. The van der Waals surface area contributed by atoms with Crippen molar-refractivity contribution in [2.24, 2.45) is 0 Å². The maximum absolute atomic E-state index is 5.37. The summed E-state index contributed by atoms with van der Waals surface area (Å²) in [5.41, 5.74) is 4.17. The second-order valence-electron chi connectivity index (χ2n) is 9.03. The Morgan fingerprint density at radius 1 is 0.324 bits per heavy atom. The molecule has 0 N–H and O–H groups in total. The Labute approximate surface area is 219 Å². The molecule has 37 heavy (non-hydrogen) atoms. The molecule has 2 aromatic heterocycles. The quantitative estimate of drug-likeness (QED) is 0.300. The van der Waals surface area contributed by atoms with Crippen molar-refractivity contribution in [1.29, 1.82) is 0 Å². The lowest BCUT2D eigenvalue weighted by atomic mass is 10.1. The van der Waals surface area contributed by atoms with E-state index in [0.717, 1.165) is 33.1 Å². The summed E-state index contributed by atoms with van der Waals surface area (Å²) < 4.78 is 0. The van der Waals surface area contributed by atoms with Gasteiger partial charge in [-0.3, -0.25) is 9.97 Å². The van der Waals surface area contributed by atoms with Crippen molar-refractivity contribution in [2.45, 2.75) is 0 Å². The first-order chi connectivity index (χ1) is 18.4. The van der Waals surface area contributed by atoms with Gasteiger partial charge in [-0.05, 0) is 34.6 Å². The predicted molar refractivity (Wildman–Crippen MR) is 157 cm³/mol. The minimum Gasteiger partial charge on any atom is -0.256 e. The lowest BCUT2D eigenvalue weighted by Gasteiger charge is -2.32. The first-order valence-electron chi connectivity index (χ1n) is 12.5. The van der Waals surface area contributed by atoms with Gasteiger partial charge in [0, 0.05) is 21.8 Å². The molecule has 0 spiro atoms. The molecular weight excluding hydrogens is 464 g/mol. The molecule has 0 amide bonds. The molecular formula is C34H26N2Si. The molecule has 2 heterocycles. The Morgan fingerprint density at radius 2 is 0.676 bits per heavy atom. The van der Waals surface area contributed by atoms with Crippen LogP contribution in [0, 0.1) is 0 Å². The maximum Gasteiger partial charge on any atom is 0.223 e. The van der Waals surface area contributed by atoms with Gasteiger partial charge >= 0.3 is 0 Å². The Bertz CT molecular complexity index is 1480. The van der Waals surface area contributed by atoms with Crippen LogP contribution >= 0.6 is 0 Å². The largest absolute Gasteiger partial charge is 0.256 e. The van der Waals surface area contributed by atoms with Gasteiger partial charge < -0.3 is 0 Å². The van der Waals surface area contributed by atoms with Gasteiger partial charge in [-0.2, -0.15) is 0 Å². The van der Waals surface area contributed by atoms with E-state index in [9.17, 15) is 0 Å². The second-order valence-corrected chi connectivity index (χ2v) is 12.7. The molecule has 0 bridgehead atoms. The van der Waals surface area contributed by atoms with Gasteiger partial charge in [-0.1, -0.05) is 133 Å². The van der Waals surface area contributed by atoms with Gasteiger partial charge in [-0.15, -0.1) is 0 Å². The third-order valence-corrected chi connectivity index (χ3v) is 11.3. The molecule has 6 aromatic rings. The van der Waals surface area contributed by atoms with E-state index in [4.69, 9.17) is 9.97 Å². The molecule has 176 valence electrons. The maximum atomic E-state index is 5.37. The van der Waals surface area contributed by atoms with Crippen LogP contribution in [-0.2, 0) is 0 Å². The second kappa shape index (κ2) is 10.2. The van der Waals surface area contributed by atoms with Crippen LogP contribution in [0.1, 0.15) is 0 Å². The number of rotatable bonds is 6.